The molecule has 9 heteroatoms. The summed E-state index contributed by atoms with van der Waals surface area (Å²) in [6.45, 7) is 2.82. The van der Waals surface area contributed by atoms with Crippen molar-refractivity contribution < 1.29 is 33.8 Å². The number of ether oxygens (including phenoxy) is 2. The first-order valence-electron chi connectivity index (χ1n) is 7.53. The molecule has 3 amide bonds. The molecule has 2 fully saturated rings. The Morgan fingerprint density at radius 1 is 1.40 bits per heavy atom. The molecule has 0 radical (unpaired) electrons. The van der Waals surface area contributed by atoms with E-state index in [2.05, 4.69) is 5.32 Å². The quantitative estimate of drug-likeness (QED) is 0.506. The Bertz CT molecular complexity index is 659. The lowest BCUT2D eigenvalue weighted by atomic mass is 9.82. The standard InChI is InChI=1S/C15H18N2O7.CH4/c1-7-3-15(2)12(10-11(24-15)14(22)16-13(10)21)17(4-7)8(18)5-23-6-9(19)20;/h3,10-12H,4-6H2,1-2H3,(H,19,20)(H,16,21,22);1H4/t10-,11-,12-,15-;/m0./s1. The molecule has 0 unspecified atom stereocenters. The van der Waals surface area contributed by atoms with Crippen molar-refractivity contribution in [3.8, 4) is 0 Å². The van der Waals surface area contributed by atoms with Crippen LogP contribution in [0.3, 0.4) is 0 Å². The number of carbonyl (C=O) groups is 4. The monoisotopic (exact) mass is 354 g/mol. The van der Waals surface area contributed by atoms with Crippen LogP contribution in [0.25, 0.3) is 0 Å². The van der Waals surface area contributed by atoms with E-state index < -0.39 is 60.6 Å². The highest BCUT2D eigenvalue weighted by atomic mass is 16.5. The van der Waals surface area contributed by atoms with Gasteiger partial charge in [-0.25, -0.2) is 4.79 Å². The summed E-state index contributed by atoms with van der Waals surface area (Å²) in [6, 6.07) is -0.640. The maximum Gasteiger partial charge on any atom is 0.329 e. The Kier molecular flexibility index (Phi) is 5.01. The Morgan fingerprint density at radius 3 is 2.72 bits per heavy atom. The Balaban J connectivity index is 0.00000225. The first-order valence-corrected chi connectivity index (χ1v) is 7.53. The number of rotatable bonds is 4. The van der Waals surface area contributed by atoms with Gasteiger partial charge in [0, 0.05) is 6.54 Å². The normalized spacial score (nSPS) is 33.1. The smallest absolute Gasteiger partial charge is 0.329 e. The van der Waals surface area contributed by atoms with Crippen molar-refractivity contribution in [2.75, 3.05) is 19.8 Å². The maximum atomic E-state index is 12.5. The molecule has 0 aromatic heterocycles. The average Bonchev–Trinajstić information content (AvgIpc) is 2.91. The molecule has 9 nitrogen and oxygen atoms in total. The van der Waals surface area contributed by atoms with Gasteiger partial charge < -0.3 is 19.5 Å². The van der Waals surface area contributed by atoms with E-state index in [1.165, 1.54) is 4.90 Å². The number of aliphatic carboxylic acids is 1. The van der Waals surface area contributed by atoms with Crippen molar-refractivity contribution >= 4 is 23.7 Å². The minimum Gasteiger partial charge on any atom is -0.480 e. The number of carboxylic acids is 1. The molecular weight excluding hydrogens is 332 g/mol. The van der Waals surface area contributed by atoms with E-state index in [9.17, 15) is 19.2 Å². The number of nitrogens with one attached hydrogen (secondary N) is 1. The molecule has 4 atom stereocenters. The van der Waals surface area contributed by atoms with Crippen molar-refractivity contribution in [1.29, 1.82) is 0 Å². The fourth-order valence-electron chi connectivity index (χ4n) is 3.79. The van der Waals surface area contributed by atoms with Crippen LogP contribution < -0.4 is 5.32 Å². The van der Waals surface area contributed by atoms with Gasteiger partial charge in [-0.05, 0) is 13.8 Å². The van der Waals surface area contributed by atoms with Gasteiger partial charge in [-0.3, -0.25) is 19.7 Å². The molecule has 3 rings (SSSR count). The summed E-state index contributed by atoms with van der Waals surface area (Å²) in [5, 5.41) is 10.8. The Morgan fingerprint density at radius 2 is 2.08 bits per heavy atom. The van der Waals surface area contributed by atoms with Crippen LogP contribution in [0.4, 0.5) is 0 Å². The van der Waals surface area contributed by atoms with E-state index in [4.69, 9.17) is 14.6 Å². The molecule has 0 bridgehead atoms. The second kappa shape index (κ2) is 6.57. The van der Waals surface area contributed by atoms with E-state index in [-0.39, 0.29) is 14.0 Å². The SMILES string of the molecule is C.CC1=C[C@]2(C)O[C@@H]3C(=O)NC(=O)[C@@H]3[C@@H]2N(C(=O)COCC(=O)O)C1. The summed E-state index contributed by atoms with van der Waals surface area (Å²) in [7, 11) is 0. The topological polar surface area (TPSA) is 122 Å². The van der Waals surface area contributed by atoms with Crippen LogP contribution in [0.5, 0.6) is 0 Å². The number of amides is 3. The summed E-state index contributed by atoms with van der Waals surface area (Å²) < 4.78 is 10.7. The van der Waals surface area contributed by atoms with Gasteiger partial charge in [-0.15, -0.1) is 0 Å². The zero-order valence-electron chi connectivity index (χ0n) is 13.3. The summed E-state index contributed by atoms with van der Waals surface area (Å²) in [5.41, 5.74) is -0.0961. The molecule has 0 aliphatic carbocycles. The summed E-state index contributed by atoms with van der Waals surface area (Å²) in [6.07, 6.45) is 0.906. The summed E-state index contributed by atoms with van der Waals surface area (Å²) in [5.74, 6) is -3.36. The van der Waals surface area contributed by atoms with Gasteiger partial charge in [-0.1, -0.05) is 19.1 Å². The second-order valence-corrected chi connectivity index (χ2v) is 6.45. The van der Waals surface area contributed by atoms with Gasteiger partial charge >= 0.3 is 5.97 Å². The third-order valence-corrected chi connectivity index (χ3v) is 4.50. The predicted molar refractivity (Wildman–Crippen MR) is 84.4 cm³/mol. The summed E-state index contributed by atoms with van der Waals surface area (Å²) in [4.78, 5) is 48.5. The number of imide groups is 1. The maximum absolute atomic E-state index is 12.5. The predicted octanol–water partition coefficient (Wildman–Crippen LogP) is -0.689. The van der Waals surface area contributed by atoms with Gasteiger partial charge in [0.2, 0.25) is 11.8 Å². The zero-order valence-corrected chi connectivity index (χ0v) is 13.3. The molecule has 0 saturated carbocycles. The summed E-state index contributed by atoms with van der Waals surface area (Å²) >= 11 is 0. The minimum absolute atomic E-state index is 0. The Hall–Kier alpha value is -2.26. The van der Waals surface area contributed by atoms with Crippen molar-refractivity contribution in [2.45, 2.75) is 39.0 Å². The van der Waals surface area contributed by atoms with Crippen LogP contribution >= 0.6 is 0 Å². The number of fused-ring (bicyclic) bond motifs is 3. The molecular formula is C16H22N2O7. The fraction of sp³-hybridized carbons (Fsp3) is 0.625. The average molecular weight is 354 g/mol. The molecule has 3 heterocycles. The highest BCUT2D eigenvalue weighted by molar-refractivity contribution is 6.07. The van der Waals surface area contributed by atoms with E-state index in [0.717, 1.165) is 5.57 Å². The molecule has 0 aromatic rings. The van der Waals surface area contributed by atoms with Gasteiger partial charge in [0.25, 0.3) is 5.91 Å². The fourth-order valence-corrected chi connectivity index (χ4v) is 3.79. The zero-order chi connectivity index (χ0) is 17.6. The van der Waals surface area contributed by atoms with Crippen molar-refractivity contribution in [3.63, 3.8) is 0 Å². The van der Waals surface area contributed by atoms with Crippen LogP contribution in [0.15, 0.2) is 11.6 Å². The molecule has 2 saturated heterocycles. The van der Waals surface area contributed by atoms with Crippen LogP contribution in [0.1, 0.15) is 21.3 Å². The number of carbonyl (C=O) groups excluding carboxylic acids is 3. The van der Waals surface area contributed by atoms with E-state index in [1.54, 1.807) is 6.92 Å². The molecule has 25 heavy (non-hydrogen) atoms. The highest BCUT2D eigenvalue weighted by Crippen LogP contribution is 2.45. The van der Waals surface area contributed by atoms with E-state index >= 15 is 0 Å². The molecule has 0 aromatic carbocycles. The minimum atomic E-state index is -1.17. The number of hydrogen-bond acceptors (Lipinski definition) is 6. The van der Waals surface area contributed by atoms with Crippen molar-refractivity contribution in [2.24, 2.45) is 5.92 Å². The van der Waals surface area contributed by atoms with E-state index in [0.29, 0.717) is 0 Å². The second-order valence-electron chi connectivity index (χ2n) is 6.45. The van der Waals surface area contributed by atoms with Crippen LogP contribution in [-0.4, -0.2) is 71.2 Å². The number of carboxylic acid groups (broad SMARTS) is 1. The third-order valence-electron chi connectivity index (χ3n) is 4.50. The Labute approximate surface area is 144 Å². The van der Waals surface area contributed by atoms with Gasteiger partial charge in [0.1, 0.15) is 18.8 Å². The highest BCUT2D eigenvalue weighted by Gasteiger charge is 2.63. The molecule has 3 aliphatic rings. The largest absolute Gasteiger partial charge is 0.480 e. The first-order chi connectivity index (χ1) is 11.2. The van der Waals surface area contributed by atoms with Crippen LogP contribution in [-0.2, 0) is 28.7 Å². The van der Waals surface area contributed by atoms with Crippen molar-refractivity contribution in [1.82, 2.24) is 10.2 Å². The van der Waals surface area contributed by atoms with Crippen LogP contribution in [0, 0.1) is 5.92 Å². The lowest BCUT2D eigenvalue weighted by Gasteiger charge is -2.42. The lowest BCUT2D eigenvalue weighted by molar-refractivity contribution is -0.148. The first kappa shape index (κ1) is 19.1. The molecule has 2 N–H and O–H groups in total. The van der Waals surface area contributed by atoms with E-state index in [1.807, 2.05) is 13.0 Å². The van der Waals surface area contributed by atoms with Gasteiger partial charge in [0.05, 0.1) is 12.0 Å². The lowest BCUT2D eigenvalue weighted by Crippen LogP contribution is -2.58. The number of nitrogens with zero attached hydrogens (tertiary/aromatic N) is 1. The molecule has 138 valence electrons. The van der Waals surface area contributed by atoms with Crippen LogP contribution in [0.2, 0.25) is 0 Å². The van der Waals surface area contributed by atoms with Gasteiger partial charge in [-0.2, -0.15) is 0 Å². The third kappa shape index (κ3) is 3.16. The van der Waals surface area contributed by atoms with Crippen molar-refractivity contribution in [3.05, 3.63) is 11.6 Å². The van der Waals surface area contributed by atoms with Gasteiger partial charge in [0.15, 0.2) is 6.10 Å². The molecule has 0 spiro atoms. The number of hydrogen-bond donors (Lipinski definition) is 2. The molecule has 3 aliphatic heterocycles.